The number of carboxylic acids is 1. The lowest BCUT2D eigenvalue weighted by molar-refractivity contribution is -0.141. The van der Waals surface area contributed by atoms with Crippen molar-refractivity contribution in [1.29, 1.82) is 0 Å². The topological polar surface area (TPSA) is 105 Å². The van der Waals surface area contributed by atoms with Gasteiger partial charge in [-0.15, -0.1) is 0 Å². The third-order valence-corrected chi connectivity index (χ3v) is 4.47. The van der Waals surface area contributed by atoms with E-state index in [9.17, 15) is 9.90 Å². The molecule has 3 aromatic rings. The fourth-order valence-electron chi connectivity index (χ4n) is 3.30. The van der Waals surface area contributed by atoms with Crippen molar-refractivity contribution in [3.8, 4) is 0 Å². The zero-order valence-electron chi connectivity index (χ0n) is 13.0. The molecule has 0 unspecified atom stereocenters. The summed E-state index contributed by atoms with van der Waals surface area (Å²) in [6.07, 6.45) is 4.82. The largest absolute Gasteiger partial charge is 0.481 e. The number of fused-ring (bicyclic) bond motifs is 1. The van der Waals surface area contributed by atoms with E-state index in [1.54, 1.807) is 12.4 Å². The van der Waals surface area contributed by atoms with E-state index in [0.717, 1.165) is 10.9 Å². The van der Waals surface area contributed by atoms with E-state index in [1.165, 1.54) is 6.33 Å². The molecule has 0 aromatic carbocycles. The maximum Gasteiger partial charge on any atom is 0.308 e. The van der Waals surface area contributed by atoms with E-state index < -0.39 is 11.9 Å². The molecule has 0 saturated carbocycles. The fraction of sp³-hybridized carbons (Fsp3) is 0.312. The van der Waals surface area contributed by atoms with E-state index in [4.69, 9.17) is 4.52 Å². The summed E-state index contributed by atoms with van der Waals surface area (Å²) < 4.78 is 5.18. The first-order valence-corrected chi connectivity index (χ1v) is 7.60. The van der Waals surface area contributed by atoms with Crippen molar-refractivity contribution in [2.45, 2.75) is 12.8 Å². The number of anilines is 1. The van der Waals surface area contributed by atoms with Crippen LogP contribution in [0.3, 0.4) is 0 Å². The molecule has 8 heteroatoms. The average molecular weight is 325 g/mol. The number of aryl methyl sites for hydroxylation is 1. The highest BCUT2D eigenvalue weighted by Gasteiger charge is 2.40. The standard InChI is InChI=1S/C16H15N5O3/c1-9-13-14(18-8-19-15(13)24-20-9)21-6-11(12(7-21)16(22)23)10-3-2-4-17-5-10/h2-5,8,11-12H,6-7H2,1H3,(H,22,23)/t11-,12+/m0/s1. The number of rotatable bonds is 3. The summed E-state index contributed by atoms with van der Waals surface area (Å²) in [7, 11) is 0. The van der Waals surface area contributed by atoms with Crippen molar-refractivity contribution >= 4 is 22.9 Å². The van der Waals surface area contributed by atoms with Crippen LogP contribution in [0.1, 0.15) is 17.2 Å². The molecule has 1 aliphatic heterocycles. The van der Waals surface area contributed by atoms with Gasteiger partial charge >= 0.3 is 5.97 Å². The summed E-state index contributed by atoms with van der Waals surface area (Å²) in [5.41, 5.74) is 2.02. The number of hydrogen-bond acceptors (Lipinski definition) is 7. The zero-order chi connectivity index (χ0) is 16.7. The highest BCUT2D eigenvalue weighted by Crippen LogP contribution is 2.37. The second kappa shape index (κ2) is 5.55. The Bertz CT molecular complexity index is 895. The first kappa shape index (κ1) is 14.6. The van der Waals surface area contributed by atoms with Crippen LogP contribution >= 0.6 is 0 Å². The van der Waals surface area contributed by atoms with Crippen molar-refractivity contribution < 1.29 is 14.4 Å². The molecule has 0 amide bonds. The van der Waals surface area contributed by atoms with Crippen LogP contribution in [-0.2, 0) is 4.79 Å². The van der Waals surface area contributed by atoms with Crippen molar-refractivity contribution in [1.82, 2.24) is 20.1 Å². The van der Waals surface area contributed by atoms with Gasteiger partial charge in [0, 0.05) is 31.4 Å². The lowest BCUT2D eigenvalue weighted by Gasteiger charge is -2.17. The molecule has 1 saturated heterocycles. The van der Waals surface area contributed by atoms with Crippen LogP contribution in [0.15, 0.2) is 35.4 Å². The lowest BCUT2D eigenvalue weighted by Crippen LogP contribution is -2.24. The molecular formula is C16H15N5O3. The summed E-state index contributed by atoms with van der Waals surface area (Å²) in [6.45, 7) is 2.73. The van der Waals surface area contributed by atoms with Crippen molar-refractivity contribution in [2.24, 2.45) is 5.92 Å². The lowest BCUT2D eigenvalue weighted by atomic mass is 9.90. The Morgan fingerprint density at radius 1 is 1.38 bits per heavy atom. The Hall–Kier alpha value is -3.03. The Labute approximate surface area is 137 Å². The van der Waals surface area contributed by atoms with E-state index >= 15 is 0 Å². The summed E-state index contributed by atoms with van der Waals surface area (Å²) >= 11 is 0. The van der Waals surface area contributed by atoms with Gasteiger partial charge in [0.05, 0.1) is 11.6 Å². The molecule has 1 aliphatic rings. The molecule has 4 rings (SSSR count). The number of aliphatic carboxylic acids is 1. The van der Waals surface area contributed by atoms with Gasteiger partial charge in [-0.05, 0) is 18.6 Å². The van der Waals surface area contributed by atoms with Crippen LogP contribution in [0, 0.1) is 12.8 Å². The van der Waals surface area contributed by atoms with Gasteiger partial charge in [0.1, 0.15) is 17.5 Å². The SMILES string of the molecule is Cc1noc2ncnc(N3C[C@@H](C(=O)O)[C@H](c4cccnc4)C3)c12. The summed E-state index contributed by atoms with van der Waals surface area (Å²) in [5, 5.41) is 14.3. The molecule has 24 heavy (non-hydrogen) atoms. The smallest absolute Gasteiger partial charge is 0.308 e. The molecule has 0 spiro atoms. The van der Waals surface area contributed by atoms with Gasteiger partial charge < -0.3 is 14.5 Å². The number of carboxylic acid groups (broad SMARTS) is 1. The molecule has 1 N–H and O–H groups in total. The normalized spacial score (nSPS) is 20.6. The second-order valence-corrected chi connectivity index (χ2v) is 5.89. The Morgan fingerprint density at radius 2 is 2.25 bits per heavy atom. The molecule has 2 atom stereocenters. The van der Waals surface area contributed by atoms with E-state index in [0.29, 0.717) is 30.3 Å². The molecular weight excluding hydrogens is 310 g/mol. The average Bonchev–Trinajstić information content (AvgIpc) is 3.20. The molecule has 0 radical (unpaired) electrons. The molecule has 8 nitrogen and oxygen atoms in total. The minimum Gasteiger partial charge on any atom is -0.481 e. The quantitative estimate of drug-likeness (QED) is 0.774. The number of nitrogens with zero attached hydrogens (tertiary/aromatic N) is 5. The summed E-state index contributed by atoms with van der Waals surface area (Å²) in [5.74, 6) is -0.837. The molecule has 0 aliphatic carbocycles. The maximum absolute atomic E-state index is 11.7. The van der Waals surface area contributed by atoms with Gasteiger partial charge in [0.25, 0.3) is 5.71 Å². The Balaban J connectivity index is 1.75. The minimum absolute atomic E-state index is 0.151. The molecule has 3 aromatic heterocycles. The van der Waals surface area contributed by atoms with Crippen LogP contribution in [0.4, 0.5) is 5.82 Å². The molecule has 4 heterocycles. The van der Waals surface area contributed by atoms with Crippen LogP contribution in [0.25, 0.3) is 11.1 Å². The second-order valence-electron chi connectivity index (χ2n) is 5.89. The predicted molar refractivity (Wildman–Crippen MR) is 84.7 cm³/mol. The van der Waals surface area contributed by atoms with E-state index in [1.807, 2.05) is 24.0 Å². The first-order valence-electron chi connectivity index (χ1n) is 7.60. The minimum atomic E-state index is -0.821. The number of carbonyl (C=O) groups is 1. The van der Waals surface area contributed by atoms with Gasteiger partial charge in [0.15, 0.2) is 0 Å². The van der Waals surface area contributed by atoms with Gasteiger partial charge in [-0.25, -0.2) is 4.98 Å². The monoisotopic (exact) mass is 325 g/mol. The molecule has 0 bridgehead atoms. The number of aromatic nitrogens is 4. The van der Waals surface area contributed by atoms with E-state index in [2.05, 4.69) is 20.1 Å². The molecule has 1 fully saturated rings. The first-order chi connectivity index (χ1) is 11.6. The van der Waals surface area contributed by atoms with Crippen LogP contribution in [-0.4, -0.2) is 44.3 Å². The Kier molecular flexibility index (Phi) is 3.37. The van der Waals surface area contributed by atoms with Gasteiger partial charge in [-0.2, -0.15) is 4.98 Å². The number of pyridine rings is 1. The third kappa shape index (κ3) is 2.27. The highest BCUT2D eigenvalue weighted by atomic mass is 16.5. The van der Waals surface area contributed by atoms with Crippen molar-refractivity contribution in [2.75, 3.05) is 18.0 Å². The fourth-order valence-corrected chi connectivity index (χ4v) is 3.30. The van der Waals surface area contributed by atoms with E-state index in [-0.39, 0.29) is 5.92 Å². The van der Waals surface area contributed by atoms with Crippen molar-refractivity contribution in [3.63, 3.8) is 0 Å². The maximum atomic E-state index is 11.7. The summed E-state index contributed by atoms with van der Waals surface area (Å²) in [6, 6.07) is 3.74. The Morgan fingerprint density at radius 3 is 3.00 bits per heavy atom. The highest BCUT2D eigenvalue weighted by molar-refractivity contribution is 5.88. The van der Waals surface area contributed by atoms with Crippen LogP contribution in [0.5, 0.6) is 0 Å². The van der Waals surface area contributed by atoms with Gasteiger partial charge in [0.2, 0.25) is 0 Å². The zero-order valence-corrected chi connectivity index (χ0v) is 13.0. The predicted octanol–water partition coefficient (Wildman–Crippen LogP) is 1.63. The number of hydrogen-bond donors (Lipinski definition) is 1. The van der Waals surface area contributed by atoms with Crippen molar-refractivity contribution in [3.05, 3.63) is 42.1 Å². The van der Waals surface area contributed by atoms with Gasteiger partial charge in [-0.3, -0.25) is 9.78 Å². The van der Waals surface area contributed by atoms with Gasteiger partial charge in [-0.1, -0.05) is 11.2 Å². The molecule has 122 valence electrons. The summed E-state index contributed by atoms with van der Waals surface area (Å²) in [4.78, 5) is 26.2. The third-order valence-electron chi connectivity index (χ3n) is 4.47. The van der Waals surface area contributed by atoms with Crippen LogP contribution < -0.4 is 4.90 Å². The van der Waals surface area contributed by atoms with Crippen LogP contribution in [0.2, 0.25) is 0 Å².